The molecular formula is C11H10N2O2S. The molecule has 0 aliphatic rings. The van der Waals surface area contributed by atoms with E-state index in [-0.39, 0.29) is 5.82 Å². The number of carbonyl (C=O) groups excluding carboxylic acids is 1. The first-order chi connectivity index (χ1) is 7.81. The molecule has 1 heterocycles. The van der Waals surface area contributed by atoms with E-state index in [4.69, 9.17) is 4.74 Å². The van der Waals surface area contributed by atoms with Crippen LogP contribution in [0.1, 0.15) is 17.5 Å². The molecular weight excluding hydrogens is 224 g/mol. The molecule has 0 aliphatic carbocycles. The number of nitrogens with zero attached hydrogens (tertiary/aromatic N) is 2. The highest BCUT2D eigenvalue weighted by atomic mass is 32.1. The number of hydrogen-bond donors (Lipinski definition) is 0. The minimum Gasteiger partial charge on any atom is -0.460 e. The van der Waals surface area contributed by atoms with E-state index in [9.17, 15) is 4.79 Å². The molecule has 0 unspecified atom stereocenters. The van der Waals surface area contributed by atoms with Crippen LogP contribution in [0.25, 0.3) is 10.6 Å². The van der Waals surface area contributed by atoms with Gasteiger partial charge >= 0.3 is 5.97 Å². The average molecular weight is 234 g/mol. The molecule has 1 aromatic heterocycles. The molecule has 4 nitrogen and oxygen atoms in total. The monoisotopic (exact) mass is 234 g/mol. The van der Waals surface area contributed by atoms with Gasteiger partial charge in [0.25, 0.3) is 5.82 Å². The predicted molar refractivity (Wildman–Crippen MR) is 61.3 cm³/mol. The van der Waals surface area contributed by atoms with Crippen LogP contribution in [0.3, 0.4) is 0 Å². The summed E-state index contributed by atoms with van der Waals surface area (Å²) in [7, 11) is 0. The van der Waals surface area contributed by atoms with E-state index in [1.54, 1.807) is 6.92 Å². The molecule has 0 saturated carbocycles. The third kappa shape index (κ3) is 2.25. The number of esters is 1. The fourth-order valence-corrected chi connectivity index (χ4v) is 1.86. The van der Waals surface area contributed by atoms with Crippen LogP contribution in [-0.4, -0.2) is 21.9 Å². The van der Waals surface area contributed by atoms with E-state index in [0.29, 0.717) is 6.61 Å². The van der Waals surface area contributed by atoms with Crippen LogP contribution < -0.4 is 0 Å². The molecule has 5 heteroatoms. The van der Waals surface area contributed by atoms with Gasteiger partial charge < -0.3 is 4.74 Å². The van der Waals surface area contributed by atoms with Gasteiger partial charge in [0.1, 0.15) is 5.01 Å². The highest BCUT2D eigenvalue weighted by Crippen LogP contribution is 2.20. The van der Waals surface area contributed by atoms with Crippen molar-refractivity contribution >= 4 is 17.5 Å². The number of carbonyl (C=O) groups is 1. The number of hydrogen-bond acceptors (Lipinski definition) is 5. The molecule has 0 amide bonds. The highest BCUT2D eigenvalue weighted by Gasteiger charge is 2.14. The lowest BCUT2D eigenvalue weighted by Gasteiger charge is -1.95. The van der Waals surface area contributed by atoms with Crippen molar-refractivity contribution in [2.24, 2.45) is 0 Å². The molecule has 0 spiro atoms. The molecule has 0 bridgehead atoms. The Labute approximate surface area is 97.1 Å². The van der Waals surface area contributed by atoms with Gasteiger partial charge in [0, 0.05) is 5.56 Å². The second-order valence-electron chi connectivity index (χ2n) is 3.01. The second-order valence-corrected chi connectivity index (χ2v) is 3.76. The Morgan fingerprint density at radius 2 is 2.12 bits per heavy atom. The Morgan fingerprint density at radius 3 is 2.81 bits per heavy atom. The minimum absolute atomic E-state index is 0.130. The van der Waals surface area contributed by atoms with Crippen molar-refractivity contribution in [1.82, 2.24) is 9.36 Å². The summed E-state index contributed by atoms with van der Waals surface area (Å²) in [4.78, 5) is 15.5. The minimum atomic E-state index is -0.471. The number of ether oxygens (including phenoxy) is 1. The molecule has 0 atom stereocenters. The first-order valence-electron chi connectivity index (χ1n) is 4.87. The molecule has 16 heavy (non-hydrogen) atoms. The van der Waals surface area contributed by atoms with Crippen molar-refractivity contribution in [1.29, 1.82) is 0 Å². The summed E-state index contributed by atoms with van der Waals surface area (Å²) < 4.78 is 8.79. The molecule has 1 aromatic carbocycles. The molecule has 2 aromatic rings. The van der Waals surface area contributed by atoms with Crippen LogP contribution in [0.4, 0.5) is 0 Å². The van der Waals surface area contributed by atoms with Crippen molar-refractivity contribution in [3.05, 3.63) is 36.2 Å². The molecule has 0 N–H and O–H groups in total. The standard InChI is InChI=1S/C11H10N2O2S/c1-2-15-11(14)9-12-10(16-13-9)8-6-4-3-5-7-8/h3-7H,2H2,1H3. The van der Waals surface area contributed by atoms with Crippen molar-refractivity contribution in [3.8, 4) is 10.6 Å². The topological polar surface area (TPSA) is 52.1 Å². The maximum absolute atomic E-state index is 11.3. The third-order valence-electron chi connectivity index (χ3n) is 1.90. The van der Waals surface area contributed by atoms with Crippen LogP contribution in [0.15, 0.2) is 30.3 Å². The summed E-state index contributed by atoms with van der Waals surface area (Å²) in [5.74, 6) is -0.341. The Balaban J connectivity index is 2.23. The SMILES string of the molecule is CCOC(=O)c1nsc(-c2ccccc2)n1. The average Bonchev–Trinajstić information content (AvgIpc) is 2.80. The summed E-state index contributed by atoms with van der Waals surface area (Å²) >= 11 is 1.19. The number of rotatable bonds is 3. The van der Waals surface area contributed by atoms with Crippen molar-refractivity contribution in [2.45, 2.75) is 6.92 Å². The highest BCUT2D eigenvalue weighted by molar-refractivity contribution is 7.09. The Kier molecular flexibility index (Phi) is 3.26. The van der Waals surface area contributed by atoms with Crippen LogP contribution >= 0.6 is 11.5 Å². The summed E-state index contributed by atoms with van der Waals surface area (Å²) in [6, 6.07) is 9.61. The van der Waals surface area contributed by atoms with Gasteiger partial charge in [0.15, 0.2) is 0 Å². The largest absolute Gasteiger partial charge is 0.460 e. The van der Waals surface area contributed by atoms with Gasteiger partial charge in [-0.2, -0.15) is 4.37 Å². The van der Waals surface area contributed by atoms with E-state index in [1.807, 2.05) is 30.3 Å². The smallest absolute Gasteiger partial charge is 0.377 e. The van der Waals surface area contributed by atoms with Gasteiger partial charge in [-0.15, -0.1) is 0 Å². The molecule has 82 valence electrons. The normalized spacial score (nSPS) is 10.1. The first kappa shape index (κ1) is 10.8. The van der Waals surface area contributed by atoms with Crippen molar-refractivity contribution in [3.63, 3.8) is 0 Å². The quantitative estimate of drug-likeness (QED) is 0.765. The number of aromatic nitrogens is 2. The lowest BCUT2D eigenvalue weighted by atomic mass is 10.2. The van der Waals surface area contributed by atoms with E-state index in [0.717, 1.165) is 10.6 Å². The van der Waals surface area contributed by atoms with Crippen LogP contribution in [-0.2, 0) is 4.74 Å². The maximum atomic E-state index is 11.3. The Hall–Kier alpha value is -1.75. The summed E-state index contributed by atoms with van der Waals surface area (Å²) in [6.45, 7) is 2.08. The fourth-order valence-electron chi connectivity index (χ4n) is 1.20. The molecule has 0 radical (unpaired) electrons. The second kappa shape index (κ2) is 4.85. The Bertz CT molecular complexity index is 482. The van der Waals surface area contributed by atoms with Gasteiger partial charge in [-0.05, 0) is 18.5 Å². The van der Waals surface area contributed by atoms with E-state index < -0.39 is 5.97 Å². The summed E-state index contributed by atoms with van der Waals surface area (Å²) in [5.41, 5.74) is 0.954. The Morgan fingerprint density at radius 1 is 1.38 bits per heavy atom. The zero-order chi connectivity index (χ0) is 11.4. The molecule has 2 rings (SSSR count). The maximum Gasteiger partial charge on any atom is 0.377 e. The van der Waals surface area contributed by atoms with Crippen molar-refractivity contribution < 1.29 is 9.53 Å². The van der Waals surface area contributed by atoms with Crippen LogP contribution in [0.2, 0.25) is 0 Å². The van der Waals surface area contributed by atoms with Gasteiger partial charge in [-0.3, -0.25) is 0 Å². The molecule has 0 aliphatic heterocycles. The first-order valence-corrected chi connectivity index (χ1v) is 5.65. The van der Waals surface area contributed by atoms with Gasteiger partial charge in [0.2, 0.25) is 0 Å². The van der Waals surface area contributed by atoms with E-state index in [1.165, 1.54) is 11.5 Å². The van der Waals surface area contributed by atoms with E-state index in [2.05, 4.69) is 9.36 Å². The number of benzene rings is 1. The molecule has 0 fully saturated rings. The predicted octanol–water partition coefficient (Wildman–Crippen LogP) is 2.38. The van der Waals surface area contributed by atoms with Crippen LogP contribution in [0, 0.1) is 0 Å². The lowest BCUT2D eigenvalue weighted by Crippen LogP contribution is -2.06. The van der Waals surface area contributed by atoms with Gasteiger partial charge in [-0.1, -0.05) is 30.3 Å². The fraction of sp³-hybridized carbons (Fsp3) is 0.182. The lowest BCUT2D eigenvalue weighted by molar-refractivity contribution is 0.0514. The zero-order valence-corrected chi connectivity index (χ0v) is 9.53. The van der Waals surface area contributed by atoms with Gasteiger partial charge in [-0.25, -0.2) is 9.78 Å². The van der Waals surface area contributed by atoms with Crippen LogP contribution in [0.5, 0.6) is 0 Å². The summed E-state index contributed by atoms with van der Waals surface area (Å²) in [6.07, 6.45) is 0. The summed E-state index contributed by atoms with van der Waals surface area (Å²) in [5, 5.41) is 0.726. The zero-order valence-electron chi connectivity index (χ0n) is 8.71. The van der Waals surface area contributed by atoms with Crippen molar-refractivity contribution in [2.75, 3.05) is 6.61 Å². The van der Waals surface area contributed by atoms with E-state index >= 15 is 0 Å². The molecule has 0 saturated heterocycles. The third-order valence-corrected chi connectivity index (χ3v) is 2.67. The van der Waals surface area contributed by atoms with Gasteiger partial charge in [0.05, 0.1) is 6.61 Å².